The van der Waals surface area contributed by atoms with Gasteiger partial charge in [-0.15, -0.1) is 0 Å². The van der Waals surface area contributed by atoms with Crippen LogP contribution in [0.4, 0.5) is 0 Å². The number of aldehydes is 1. The summed E-state index contributed by atoms with van der Waals surface area (Å²) < 4.78 is 4.95. The summed E-state index contributed by atoms with van der Waals surface area (Å²) in [5.74, 6) is 0. The average molecular weight is 207 g/mol. The molecule has 1 heterocycles. The van der Waals surface area contributed by atoms with Crippen LogP contribution in [0.5, 0.6) is 0 Å². The molecule has 0 amide bonds. The Morgan fingerprint density at radius 2 is 2.07 bits per heavy atom. The minimum absolute atomic E-state index is 0.465. The van der Waals surface area contributed by atoms with Crippen LogP contribution >= 0.6 is 11.6 Å². The predicted octanol–water partition coefficient (Wildman–Crippen LogP) is 3.41. The number of rotatable bonds is 2. The molecule has 3 heteroatoms. The van der Waals surface area contributed by atoms with Crippen molar-refractivity contribution < 1.29 is 9.21 Å². The van der Waals surface area contributed by atoms with Crippen molar-refractivity contribution >= 4 is 17.9 Å². The molecule has 2 aromatic rings. The normalized spacial score (nSPS) is 10.1. The van der Waals surface area contributed by atoms with Gasteiger partial charge in [-0.1, -0.05) is 17.7 Å². The maximum absolute atomic E-state index is 10.6. The first-order chi connectivity index (χ1) is 6.81. The summed E-state index contributed by atoms with van der Waals surface area (Å²) in [5.41, 5.74) is 2.35. The topological polar surface area (TPSA) is 30.2 Å². The summed E-state index contributed by atoms with van der Waals surface area (Å²) in [7, 11) is 0. The molecule has 0 atom stereocenters. The lowest BCUT2D eigenvalue weighted by molar-refractivity contribution is 0.112. The van der Waals surface area contributed by atoms with Crippen molar-refractivity contribution in [2.24, 2.45) is 0 Å². The molecule has 0 fully saturated rings. The van der Waals surface area contributed by atoms with E-state index in [0.29, 0.717) is 10.6 Å². The highest BCUT2D eigenvalue weighted by molar-refractivity contribution is 6.33. The molecule has 0 saturated heterocycles. The largest absolute Gasteiger partial charge is 0.472 e. The van der Waals surface area contributed by atoms with E-state index in [2.05, 4.69) is 0 Å². The zero-order chi connectivity index (χ0) is 9.97. The number of carbonyl (C=O) groups is 1. The predicted molar refractivity (Wildman–Crippen MR) is 54.5 cm³/mol. The van der Waals surface area contributed by atoms with Crippen LogP contribution in [0.25, 0.3) is 11.1 Å². The molecule has 14 heavy (non-hydrogen) atoms. The van der Waals surface area contributed by atoms with E-state index in [-0.39, 0.29) is 0 Å². The fourth-order valence-electron chi connectivity index (χ4n) is 1.24. The van der Waals surface area contributed by atoms with Gasteiger partial charge in [0.15, 0.2) is 6.29 Å². The van der Waals surface area contributed by atoms with Crippen molar-refractivity contribution in [2.75, 3.05) is 0 Å². The first-order valence-electron chi connectivity index (χ1n) is 4.08. The summed E-state index contributed by atoms with van der Waals surface area (Å²) in [6.45, 7) is 0. The second kappa shape index (κ2) is 3.68. The van der Waals surface area contributed by atoms with Crippen LogP contribution in [0.15, 0.2) is 41.2 Å². The third-order valence-corrected chi connectivity index (χ3v) is 2.32. The number of furan rings is 1. The molecular weight excluding hydrogens is 200 g/mol. The third-order valence-electron chi connectivity index (χ3n) is 1.98. The van der Waals surface area contributed by atoms with E-state index < -0.39 is 0 Å². The average Bonchev–Trinajstić information content (AvgIpc) is 2.71. The van der Waals surface area contributed by atoms with Crippen molar-refractivity contribution in [3.8, 4) is 11.1 Å². The Labute approximate surface area is 86.1 Å². The van der Waals surface area contributed by atoms with Gasteiger partial charge in [-0.25, -0.2) is 0 Å². The molecule has 0 saturated carbocycles. The van der Waals surface area contributed by atoms with E-state index in [1.165, 1.54) is 0 Å². The van der Waals surface area contributed by atoms with Gasteiger partial charge in [0.2, 0.25) is 0 Å². The van der Waals surface area contributed by atoms with Crippen molar-refractivity contribution in [1.82, 2.24) is 0 Å². The Balaban J connectivity index is 2.51. The molecule has 0 spiro atoms. The van der Waals surface area contributed by atoms with E-state index in [1.54, 1.807) is 24.7 Å². The summed E-state index contributed by atoms with van der Waals surface area (Å²) >= 11 is 5.80. The van der Waals surface area contributed by atoms with Crippen LogP contribution in [0.1, 0.15) is 10.4 Å². The summed E-state index contributed by atoms with van der Waals surface area (Å²) in [5, 5.41) is 0.465. The summed E-state index contributed by atoms with van der Waals surface area (Å²) in [6.07, 6.45) is 3.95. The van der Waals surface area contributed by atoms with Crippen LogP contribution in [0.3, 0.4) is 0 Å². The van der Waals surface area contributed by atoms with Gasteiger partial charge in [-0.05, 0) is 23.8 Å². The lowest BCUT2D eigenvalue weighted by Gasteiger charge is -1.99. The first-order valence-corrected chi connectivity index (χ1v) is 4.46. The Morgan fingerprint density at radius 1 is 1.21 bits per heavy atom. The Hall–Kier alpha value is -1.54. The smallest absolute Gasteiger partial charge is 0.151 e. The lowest BCUT2D eigenvalue weighted by Crippen LogP contribution is -1.83. The van der Waals surface area contributed by atoms with Crippen LogP contribution in [-0.2, 0) is 0 Å². The highest BCUT2D eigenvalue weighted by Crippen LogP contribution is 2.24. The van der Waals surface area contributed by atoms with E-state index in [0.717, 1.165) is 17.4 Å². The number of hydrogen-bond donors (Lipinski definition) is 0. The van der Waals surface area contributed by atoms with Crippen molar-refractivity contribution in [3.05, 3.63) is 47.4 Å². The monoisotopic (exact) mass is 206 g/mol. The van der Waals surface area contributed by atoms with Gasteiger partial charge in [0.1, 0.15) is 0 Å². The van der Waals surface area contributed by atoms with E-state index in [9.17, 15) is 4.79 Å². The van der Waals surface area contributed by atoms with Gasteiger partial charge in [-0.2, -0.15) is 0 Å². The van der Waals surface area contributed by atoms with E-state index >= 15 is 0 Å². The van der Waals surface area contributed by atoms with Crippen molar-refractivity contribution in [2.45, 2.75) is 0 Å². The second-order valence-electron chi connectivity index (χ2n) is 2.87. The molecule has 0 unspecified atom stereocenters. The summed E-state index contributed by atoms with van der Waals surface area (Å²) in [4.78, 5) is 10.6. The Bertz CT molecular complexity index is 446. The molecule has 2 rings (SSSR count). The molecule has 1 aromatic heterocycles. The molecule has 0 aliphatic heterocycles. The zero-order valence-electron chi connectivity index (χ0n) is 7.24. The molecule has 0 bridgehead atoms. The van der Waals surface area contributed by atoms with Gasteiger partial charge in [-0.3, -0.25) is 4.79 Å². The van der Waals surface area contributed by atoms with Crippen LogP contribution in [-0.4, -0.2) is 6.29 Å². The van der Waals surface area contributed by atoms with E-state index in [4.69, 9.17) is 16.0 Å². The highest BCUT2D eigenvalue weighted by atomic mass is 35.5. The SMILES string of the molecule is O=Cc1cc(-c2ccoc2)ccc1Cl. The fraction of sp³-hybridized carbons (Fsp3) is 0. The van der Waals surface area contributed by atoms with Gasteiger partial charge in [0.05, 0.1) is 17.5 Å². The highest BCUT2D eigenvalue weighted by Gasteiger charge is 2.03. The molecule has 0 N–H and O–H groups in total. The number of hydrogen-bond acceptors (Lipinski definition) is 2. The minimum atomic E-state index is 0.465. The van der Waals surface area contributed by atoms with Crippen LogP contribution < -0.4 is 0 Å². The molecule has 0 aliphatic rings. The van der Waals surface area contributed by atoms with Crippen molar-refractivity contribution in [1.29, 1.82) is 0 Å². The maximum Gasteiger partial charge on any atom is 0.151 e. The molecule has 70 valence electrons. The van der Waals surface area contributed by atoms with Gasteiger partial charge < -0.3 is 4.42 Å². The standard InChI is InChI=1S/C11H7ClO2/c12-11-2-1-8(5-10(11)6-13)9-3-4-14-7-9/h1-7H. The van der Waals surface area contributed by atoms with Crippen molar-refractivity contribution in [3.63, 3.8) is 0 Å². The molecule has 2 nitrogen and oxygen atoms in total. The number of benzene rings is 1. The van der Waals surface area contributed by atoms with Gasteiger partial charge in [0.25, 0.3) is 0 Å². The van der Waals surface area contributed by atoms with Crippen LogP contribution in [0, 0.1) is 0 Å². The number of halogens is 1. The summed E-state index contributed by atoms with van der Waals surface area (Å²) in [6, 6.07) is 7.12. The Kier molecular flexibility index (Phi) is 2.37. The zero-order valence-corrected chi connectivity index (χ0v) is 7.99. The van der Waals surface area contributed by atoms with Gasteiger partial charge in [0, 0.05) is 11.1 Å². The minimum Gasteiger partial charge on any atom is -0.472 e. The first kappa shape index (κ1) is 9.03. The second-order valence-corrected chi connectivity index (χ2v) is 3.27. The molecule has 0 aliphatic carbocycles. The fourth-order valence-corrected chi connectivity index (χ4v) is 1.40. The molecule has 1 aromatic carbocycles. The lowest BCUT2D eigenvalue weighted by atomic mass is 10.1. The quantitative estimate of drug-likeness (QED) is 0.705. The third kappa shape index (κ3) is 1.56. The Morgan fingerprint density at radius 3 is 2.71 bits per heavy atom. The number of carbonyl (C=O) groups excluding carboxylic acids is 1. The van der Waals surface area contributed by atoms with Crippen LogP contribution in [0.2, 0.25) is 5.02 Å². The molecule has 0 radical (unpaired) electrons. The van der Waals surface area contributed by atoms with Gasteiger partial charge >= 0.3 is 0 Å². The molecular formula is C11H7ClO2. The van der Waals surface area contributed by atoms with E-state index in [1.807, 2.05) is 12.1 Å². The maximum atomic E-state index is 10.6.